The standard InChI is InChI=1S/C40H43NO14/c1-23(42)49-22-34(53-25(3)44)36(54-26(4)45)37-35(41-39(47)50-21-32-30-17-11-9-15-28(30)29-16-10-12-18-31(29)32)33(52-24(2)43)19-40(55-37,38(46)48-5)51-20-27-13-7-6-8-14-27/h6-18,32-37H,19-22H2,1-5H3,(H,41,47)/t33?,34-,35?,36-,37?,40?/m1/s1. The minimum atomic E-state index is -2.35. The molecule has 1 N–H and O–H groups in total. The van der Waals surface area contributed by atoms with Crippen LogP contribution in [0.3, 0.4) is 0 Å². The molecule has 0 saturated carbocycles. The molecule has 6 atom stereocenters. The highest BCUT2D eigenvalue weighted by molar-refractivity contribution is 5.80. The van der Waals surface area contributed by atoms with E-state index in [-0.39, 0.29) is 19.1 Å². The van der Waals surface area contributed by atoms with Gasteiger partial charge in [-0.2, -0.15) is 0 Å². The fourth-order valence-corrected chi connectivity index (χ4v) is 6.86. The van der Waals surface area contributed by atoms with E-state index in [2.05, 4.69) is 5.32 Å². The van der Waals surface area contributed by atoms with Gasteiger partial charge in [0.05, 0.1) is 26.2 Å². The molecule has 5 rings (SSSR count). The van der Waals surface area contributed by atoms with Gasteiger partial charge in [-0.05, 0) is 27.8 Å². The van der Waals surface area contributed by atoms with Crippen LogP contribution in [0.25, 0.3) is 11.1 Å². The van der Waals surface area contributed by atoms with Crippen LogP contribution in [0.1, 0.15) is 56.7 Å². The van der Waals surface area contributed by atoms with Crippen LogP contribution in [0.2, 0.25) is 0 Å². The summed E-state index contributed by atoms with van der Waals surface area (Å²) in [5.74, 6) is -7.06. The van der Waals surface area contributed by atoms with Gasteiger partial charge in [0.1, 0.15) is 25.4 Å². The Labute approximate surface area is 317 Å². The SMILES string of the molecule is COC(=O)C1(OCc2ccccc2)CC(OC(C)=O)C(NC(=O)OCC2c3ccccc3-c3ccccc32)C([C@H](OC(C)=O)[C@@H](COC(C)=O)OC(C)=O)O1. The summed E-state index contributed by atoms with van der Waals surface area (Å²) in [6.45, 7) is 3.41. The Hall–Kier alpha value is -5.80. The van der Waals surface area contributed by atoms with Crippen LogP contribution < -0.4 is 5.32 Å². The van der Waals surface area contributed by atoms with E-state index in [0.29, 0.717) is 5.56 Å². The largest absolute Gasteiger partial charge is 0.465 e. The second-order valence-corrected chi connectivity index (χ2v) is 13.0. The van der Waals surface area contributed by atoms with Crippen molar-refractivity contribution in [3.8, 4) is 11.1 Å². The molecule has 1 heterocycles. The summed E-state index contributed by atoms with van der Waals surface area (Å²) in [5, 5.41) is 2.68. The van der Waals surface area contributed by atoms with Crippen LogP contribution in [-0.2, 0) is 68.5 Å². The van der Waals surface area contributed by atoms with Crippen LogP contribution in [-0.4, -0.2) is 92.5 Å². The predicted octanol–water partition coefficient (Wildman–Crippen LogP) is 4.13. The Kier molecular flexibility index (Phi) is 13.2. The second-order valence-electron chi connectivity index (χ2n) is 13.0. The van der Waals surface area contributed by atoms with Crippen molar-refractivity contribution in [3.05, 3.63) is 95.6 Å². The third kappa shape index (κ3) is 9.85. The lowest BCUT2D eigenvalue weighted by Gasteiger charge is -2.48. The second kappa shape index (κ2) is 18.0. The van der Waals surface area contributed by atoms with Crippen LogP contribution in [0.5, 0.6) is 0 Å². The molecule has 1 aliphatic heterocycles. The molecule has 0 spiro atoms. The van der Waals surface area contributed by atoms with Gasteiger partial charge in [0.25, 0.3) is 5.79 Å². The third-order valence-electron chi connectivity index (χ3n) is 9.07. The number of amides is 1. The summed E-state index contributed by atoms with van der Waals surface area (Å²) in [5.41, 5.74) is 4.54. The fourth-order valence-electron chi connectivity index (χ4n) is 6.86. The molecule has 292 valence electrons. The first-order valence-corrected chi connectivity index (χ1v) is 17.5. The number of fused-ring (bicyclic) bond motifs is 3. The van der Waals surface area contributed by atoms with E-state index in [9.17, 15) is 28.8 Å². The average Bonchev–Trinajstić information content (AvgIpc) is 3.47. The lowest BCUT2D eigenvalue weighted by atomic mass is 9.88. The molecule has 3 aromatic rings. The van der Waals surface area contributed by atoms with Gasteiger partial charge in [0.2, 0.25) is 0 Å². The number of ether oxygens (including phenoxy) is 8. The highest BCUT2D eigenvalue weighted by Gasteiger charge is 2.59. The van der Waals surface area contributed by atoms with Gasteiger partial charge in [0, 0.05) is 33.6 Å². The number of alkyl carbamates (subject to hydrolysis) is 1. The maximum Gasteiger partial charge on any atom is 0.407 e. The molecule has 3 aromatic carbocycles. The van der Waals surface area contributed by atoms with Gasteiger partial charge in [-0.25, -0.2) is 9.59 Å². The minimum absolute atomic E-state index is 0.0987. The van der Waals surface area contributed by atoms with Gasteiger partial charge in [-0.3, -0.25) is 19.2 Å². The lowest BCUT2D eigenvalue weighted by molar-refractivity contribution is -0.317. The monoisotopic (exact) mass is 761 g/mol. The van der Waals surface area contributed by atoms with E-state index in [1.54, 1.807) is 30.3 Å². The number of esters is 5. The molecule has 2 aliphatic rings. The average molecular weight is 762 g/mol. The highest BCUT2D eigenvalue weighted by atomic mass is 16.7. The number of carbonyl (C=O) groups excluding carboxylic acids is 6. The number of nitrogens with one attached hydrogen (secondary N) is 1. The molecule has 4 unspecified atom stereocenters. The van der Waals surface area contributed by atoms with Gasteiger partial charge in [-0.1, -0.05) is 78.9 Å². The summed E-state index contributed by atoms with van der Waals surface area (Å²) in [4.78, 5) is 77.1. The summed E-state index contributed by atoms with van der Waals surface area (Å²) in [7, 11) is 1.09. The Morgan fingerprint density at radius 2 is 1.36 bits per heavy atom. The number of methoxy groups -OCH3 is 1. The fraction of sp³-hybridized carbons (Fsp3) is 0.400. The molecular formula is C40H43NO14. The lowest BCUT2D eigenvalue weighted by Crippen LogP contribution is -2.69. The molecule has 15 heteroatoms. The summed E-state index contributed by atoms with van der Waals surface area (Å²) < 4.78 is 45.5. The number of hydrogen-bond donors (Lipinski definition) is 1. The van der Waals surface area contributed by atoms with Crippen molar-refractivity contribution < 1.29 is 66.7 Å². The first-order valence-electron chi connectivity index (χ1n) is 17.5. The summed E-state index contributed by atoms with van der Waals surface area (Å²) in [6.07, 6.45) is -7.94. The number of carbonyl (C=O) groups is 6. The third-order valence-corrected chi connectivity index (χ3v) is 9.07. The zero-order valence-corrected chi connectivity index (χ0v) is 31.0. The molecular weight excluding hydrogens is 718 g/mol. The van der Waals surface area contributed by atoms with Crippen molar-refractivity contribution in [3.63, 3.8) is 0 Å². The van der Waals surface area contributed by atoms with E-state index in [1.807, 2.05) is 48.5 Å². The number of hydrogen-bond acceptors (Lipinski definition) is 14. The van der Waals surface area contributed by atoms with Gasteiger partial charge < -0.3 is 43.2 Å². The van der Waals surface area contributed by atoms with Crippen molar-refractivity contribution in [2.75, 3.05) is 20.3 Å². The number of benzene rings is 3. The van der Waals surface area contributed by atoms with Crippen LogP contribution >= 0.6 is 0 Å². The first kappa shape index (κ1) is 40.4. The quantitative estimate of drug-likeness (QED) is 0.182. The molecule has 1 saturated heterocycles. The zero-order chi connectivity index (χ0) is 39.7. The molecule has 55 heavy (non-hydrogen) atoms. The molecule has 1 aliphatic carbocycles. The predicted molar refractivity (Wildman–Crippen MR) is 191 cm³/mol. The Balaban J connectivity index is 1.54. The Bertz CT molecular complexity index is 1840. The van der Waals surface area contributed by atoms with Crippen molar-refractivity contribution in [2.45, 2.75) is 82.9 Å². The highest BCUT2D eigenvalue weighted by Crippen LogP contribution is 2.44. The van der Waals surface area contributed by atoms with Crippen molar-refractivity contribution >= 4 is 35.9 Å². The van der Waals surface area contributed by atoms with Crippen LogP contribution in [0.15, 0.2) is 78.9 Å². The van der Waals surface area contributed by atoms with Gasteiger partial charge in [0.15, 0.2) is 12.2 Å². The number of rotatable bonds is 14. The molecule has 1 fully saturated rings. The van der Waals surface area contributed by atoms with Gasteiger partial charge >= 0.3 is 35.9 Å². The van der Waals surface area contributed by atoms with Gasteiger partial charge in [-0.15, -0.1) is 0 Å². The molecule has 0 bridgehead atoms. The molecule has 1 amide bonds. The van der Waals surface area contributed by atoms with Crippen LogP contribution in [0, 0.1) is 0 Å². The summed E-state index contributed by atoms with van der Waals surface area (Å²) >= 11 is 0. The van der Waals surface area contributed by atoms with E-state index >= 15 is 0 Å². The Morgan fingerprint density at radius 1 is 0.764 bits per heavy atom. The van der Waals surface area contributed by atoms with E-state index in [0.717, 1.165) is 57.1 Å². The topological polar surface area (TPSA) is 188 Å². The molecule has 15 nitrogen and oxygen atoms in total. The summed E-state index contributed by atoms with van der Waals surface area (Å²) in [6, 6.07) is 22.8. The first-order chi connectivity index (χ1) is 26.3. The minimum Gasteiger partial charge on any atom is -0.465 e. The maximum absolute atomic E-state index is 13.8. The Morgan fingerprint density at radius 3 is 1.93 bits per heavy atom. The maximum atomic E-state index is 13.8. The zero-order valence-electron chi connectivity index (χ0n) is 31.0. The van der Waals surface area contributed by atoms with E-state index in [1.165, 1.54) is 0 Å². The van der Waals surface area contributed by atoms with Crippen molar-refractivity contribution in [2.24, 2.45) is 0 Å². The normalized spacial score (nSPS) is 21.1. The van der Waals surface area contributed by atoms with Crippen molar-refractivity contribution in [1.82, 2.24) is 5.32 Å². The van der Waals surface area contributed by atoms with Crippen molar-refractivity contribution in [1.29, 1.82) is 0 Å². The van der Waals surface area contributed by atoms with E-state index < -0.39 is 85.2 Å². The smallest absolute Gasteiger partial charge is 0.407 e. The van der Waals surface area contributed by atoms with Crippen LogP contribution in [0.4, 0.5) is 4.79 Å². The van der Waals surface area contributed by atoms with E-state index in [4.69, 9.17) is 37.9 Å². The molecule has 0 radical (unpaired) electrons. The molecule has 0 aromatic heterocycles.